The maximum atomic E-state index is 12.6. The van der Waals surface area contributed by atoms with Gasteiger partial charge in [-0.15, -0.1) is 0 Å². The molecule has 0 fully saturated rings. The molecule has 0 spiro atoms. The second-order valence-electron chi connectivity index (χ2n) is 6.62. The average molecular weight is 381 g/mol. The molecule has 7 heteroatoms. The summed E-state index contributed by atoms with van der Waals surface area (Å²) in [4.78, 5) is 38.9. The lowest BCUT2D eigenvalue weighted by Crippen LogP contribution is -2.38. The van der Waals surface area contributed by atoms with Crippen LogP contribution in [0.25, 0.3) is 0 Å². The summed E-state index contributed by atoms with van der Waals surface area (Å²) in [5, 5.41) is 2.81. The van der Waals surface area contributed by atoms with Crippen LogP contribution < -0.4 is 15.8 Å². The molecule has 0 radical (unpaired) electrons. The first-order valence-electron chi connectivity index (χ1n) is 9.18. The fourth-order valence-electron chi connectivity index (χ4n) is 3.06. The summed E-state index contributed by atoms with van der Waals surface area (Å²) in [5.41, 5.74) is 7.37. The first-order valence-corrected chi connectivity index (χ1v) is 9.18. The Bertz CT molecular complexity index is 891. The van der Waals surface area contributed by atoms with Gasteiger partial charge in [0.2, 0.25) is 0 Å². The number of amides is 3. The van der Waals surface area contributed by atoms with E-state index in [1.54, 1.807) is 49.4 Å². The van der Waals surface area contributed by atoms with Crippen LogP contribution in [0.5, 0.6) is 5.75 Å². The summed E-state index contributed by atoms with van der Waals surface area (Å²) >= 11 is 0. The van der Waals surface area contributed by atoms with Gasteiger partial charge in [-0.05, 0) is 43.7 Å². The van der Waals surface area contributed by atoms with Crippen molar-refractivity contribution in [2.45, 2.75) is 26.4 Å². The molecule has 0 aromatic heterocycles. The van der Waals surface area contributed by atoms with Gasteiger partial charge in [-0.25, -0.2) is 0 Å². The van der Waals surface area contributed by atoms with Gasteiger partial charge in [0.25, 0.3) is 17.7 Å². The molecule has 7 nitrogen and oxygen atoms in total. The lowest BCUT2D eigenvalue weighted by molar-refractivity contribution is 0.0642. The Morgan fingerprint density at radius 3 is 2.36 bits per heavy atom. The van der Waals surface area contributed by atoms with Gasteiger partial charge in [0, 0.05) is 12.6 Å². The molecular formula is C21H23N3O4. The monoisotopic (exact) mass is 381 g/mol. The van der Waals surface area contributed by atoms with Crippen molar-refractivity contribution in [1.82, 2.24) is 10.2 Å². The molecule has 2 aromatic rings. The number of benzene rings is 2. The summed E-state index contributed by atoms with van der Waals surface area (Å²) in [5.74, 6) is -0.546. The van der Waals surface area contributed by atoms with E-state index in [0.717, 1.165) is 0 Å². The van der Waals surface area contributed by atoms with E-state index < -0.39 is 0 Å². The van der Waals surface area contributed by atoms with Gasteiger partial charge in [-0.2, -0.15) is 0 Å². The van der Waals surface area contributed by atoms with Crippen LogP contribution in [0.4, 0.5) is 0 Å². The fraction of sp³-hybridized carbons (Fsp3) is 0.286. The maximum absolute atomic E-state index is 12.6. The van der Waals surface area contributed by atoms with Crippen molar-refractivity contribution in [1.29, 1.82) is 0 Å². The van der Waals surface area contributed by atoms with Crippen LogP contribution in [0.15, 0.2) is 42.5 Å². The van der Waals surface area contributed by atoms with Crippen molar-refractivity contribution in [2.24, 2.45) is 5.73 Å². The molecule has 146 valence electrons. The van der Waals surface area contributed by atoms with Crippen molar-refractivity contribution >= 4 is 17.7 Å². The fourth-order valence-corrected chi connectivity index (χ4v) is 3.06. The zero-order chi connectivity index (χ0) is 20.3. The third kappa shape index (κ3) is 3.75. The molecule has 1 aliphatic heterocycles. The number of hydrogen-bond acceptors (Lipinski definition) is 5. The SMILES string of the molecule is CCOc1ccc(CN2C(=O)c3ccccc3C2=O)cc1C(=O)N[C@@H](C)CN. The Balaban J connectivity index is 1.87. The summed E-state index contributed by atoms with van der Waals surface area (Å²) in [6, 6.07) is 11.6. The van der Waals surface area contributed by atoms with Gasteiger partial charge in [0.1, 0.15) is 5.75 Å². The van der Waals surface area contributed by atoms with Gasteiger partial charge in [0.15, 0.2) is 0 Å². The van der Waals surface area contributed by atoms with E-state index in [1.165, 1.54) is 4.90 Å². The van der Waals surface area contributed by atoms with Crippen LogP contribution in [-0.2, 0) is 6.54 Å². The van der Waals surface area contributed by atoms with Crippen LogP contribution in [0.2, 0.25) is 0 Å². The molecular weight excluding hydrogens is 358 g/mol. The molecule has 28 heavy (non-hydrogen) atoms. The van der Waals surface area contributed by atoms with Crippen LogP contribution in [0, 0.1) is 0 Å². The largest absolute Gasteiger partial charge is 0.493 e. The van der Waals surface area contributed by atoms with E-state index in [0.29, 0.717) is 41.2 Å². The lowest BCUT2D eigenvalue weighted by Gasteiger charge is -2.17. The number of nitrogens with zero attached hydrogens (tertiary/aromatic N) is 1. The van der Waals surface area contributed by atoms with Gasteiger partial charge in [0.05, 0.1) is 29.8 Å². The van der Waals surface area contributed by atoms with E-state index in [1.807, 2.05) is 6.92 Å². The van der Waals surface area contributed by atoms with Crippen molar-refractivity contribution in [2.75, 3.05) is 13.2 Å². The van der Waals surface area contributed by atoms with E-state index in [4.69, 9.17) is 10.5 Å². The molecule has 3 N–H and O–H groups in total. The van der Waals surface area contributed by atoms with Gasteiger partial charge in [-0.1, -0.05) is 18.2 Å². The molecule has 1 atom stereocenters. The molecule has 0 bridgehead atoms. The Kier molecular flexibility index (Phi) is 5.75. The van der Waals surface area contributed by atoms with Gasteiger partial charge in [-0.3, -0.25) is 19.3 Å². The zero-order valence-electron chi connectivity index (χ0n) is 15.9. The minimum atomic E-state index is -0.336. The van der Waals surface area contributed by atoms with Crippen LogP contribution in [0.1, 0.15) is 50.5 Å². The molecule has 0 saturated heterocycles. The number of carbonyl (C=O) groups is 3. The predicted molar refractivity (Wildman–Crippen MR) is 104 cm³/mol. The third-order valence-corrected chi connectivity index (χ3v) is 4.54. The first-order chi connectivity index (χ1) is 13.5. The quantitative estimate of drug-likeness (QED) is 0.714. The summed E-state index contributed by atoms with van der Waals surface area (Å²) in [7, 11) is 0. The topological polar surface area (TPSA) is 102 Å². The molecule has 3 amide bonds. The number of carbonyl (C=O) groups excluding carboxylic acids is 3. The van der Waals surface area contributed by atoms with Gasteiger partial charge < -0.3 is 15.8 Å². The van der Waals surface area contributed by atoms with E-state index >= 15 is 0 Å². The molecule has 3 rings (SSSR count). The highest BCUT2D eigenvalue weighted by Crippen LogP contribution is 2.26. The van der Waals surface area contributed by atoms with Crippen molar-refractivity contribution in [3.63, 3.8) is 0 Å². The summed E-state index contributed by atoms with van der Waals surface area (Å²) < 4.78 is 5.55. The highest BCUT2D eigenvalue weighted by atomic mass is 16.5. The van der Waals surface area contributed by atoms with Crippen LogP contribution in [0.3, 0.4) is 0 Å². The highest BCUT2D eigenvalue weighted by molar-refractivity contribution is 6.21. The second kappa shape index (κ2) is 8.22. The summed E-state index contributed by atoms with van der Waals surface area (Å²) in [6.07, 6.45) is 0. The Labute approximate surface area is 163 Å². The molecule has 2 aromatic carbocycles. The van der Waals surface area contributed by atoms with Gasteiger partial charge >= 0.3 is 0 Å². The number of hydrogen-bond donors (Lipinski definition) is 2. The lowest BCUT2D eigenvalue weighted by atomic mass is 10.1. The Hall–Kier alpha value is -3.19. The number of nitrogens with two attached hydrogens (primary N) is 1. The smallest absolute Gasteiger partial charge is 0.261 e. The normalized spacial score (nSPS) is 14.0. The molecule has 0 unspecified atom stereocenters. The Morgan fingerprint density at radius 2 is 1.79 bits per heavy atom. The van der Waals surface area contributed by atoms with Crippen LogP contribution in [-0.4, -0.2) is 41.8 Å². The maximum Gasteiger partial charge on any atom is 0.261 e. The van der Waals surface area contributed by atoms with E-state index in [2.05, 4.69) is 5.32 Å². The number of fused-ring (bicyclic) bond motifs is 1. The van der Waals surface area contributed by atoms with E-state index in [-0.39, 0.29) is 30.3 Å². The van der Waals surface area contributed by atoms with Crippen molar-refractivity contribution in [3.8, 4) is 5.75 Å². The van der Waals surface area contributed by atoms with E-state index in [9.17, 15) is 14.4 Å². The minimum Gasteiger partial charge on any atom is -0.493 e. The minimum absolute atomic E-state index is 0.0749. The molecule has 1 heterocycles. The third-order valence-electron chi connectivity index (χ3n) is 4.54. The molecule has 1 aliphatic rings. The summed E-state index contributed by atoms with van der Waals surface area (Å²) in [6.45, 7) is 4.43. The molecule has 0 saturated carbocycles. The number of rotatable bonds is 7. The standard InChI is InChI=1S/C21H23N3O4/c1-3-28-18-9-8-14(10-17(18)19(25)23-13(2)11-22)12-24-20(26)15-6-4-5-7-16(15)21(24)27/h4-10,13H,3,11-12,22H2,1-2H3,(H,23,25)/t13-/m0/s1. The second-order valence-corrected chi connectivity index (χ2v) is 6.62. The number of ether oxygens (including phenoxy) is 1. The first kappa shape index (κ1) is 19.6. The number of imide groups is 1. The van der Waals surface area contributed by atoms with Crippen molar-refractivity contribution in [3.05, 3.63) is 64.7 Å². The Morgan fingerprint density at radius 1 is 1.14 bits per heavy atom. The van der Waals surface area contributed by atoms with Crippen LogP contribution >= 0.6 is 0 Å². The highest BCUT2D eigenvalue weighted by Gasteiger charge is 2.35. The van der Waals surface area contributed by atoms with Crippen molar-refractivity contribution < 1.29 is 19.1 Å². The number of nitrogens with one attached hydrogen (secondary N) is 1. The predicted octanol–water partition coefficient (Wildman–Crippen LogP) is 1.96. The average Bonchev–Trinajstić information content (AvgIpc) is 2.94. The zero-order valence-corrected chi connectivity index (χ0v) is 15.9. The molecule has 0 aliphatic carbocycles.